The molecule has 0 aliphatic heterocycles. The van der Waals surface area contributed by atoms with Crippen LogP contribution < -0.4 is 5.32 Å². The zero-order chi connectivity index (χ0) is 11.8. The van der Waals surface area contributed by atoms with E-state index >= 15 is 0 Å². The summed E-state index contributed by atoms with van der Waals surface area (Å²) < 4.78 is 5.61. The number of rotatable bonds is 7. The molecule has 0 aromatic carbocycles. The van der Waals surface area contributed by atoms with E-state index < -0.39 is 0 Å². The van der Waals surface area contributed by atoms with Crippen molar-refractivity contribution in [3.63, 3.8) is 0 Å². The molecule has 90 valence electrons. The number of aromatic nitrogens is 1. The van der Waals surface area contributed by atoms with Gasteiger partial charge in [0.2, 0.25) is 0 Å². The van der Waals surface area contributed by atoms with Gasteiger partial charge in [0.15, 0.2) is 0 Å². The van der Waals surface area contributed by atoms with Crippen LogP contribution in [0.1, 0.15) is 37.4 Å². The van der Waals surface area contributed by atoms with Crippen molar-refractivity contribution < 1.29 is 4.74 Å². The predicted molar refractivity (Wildman–Crippen MR) is 66.5 cm³/mol. The fourth-order valence-corrected chi connectivity index (χ4v) is 1.75. The number of hydrogen-bond acceptors (Lipinski definition) is 3. The first kappa shape index (κ1) is 13.1. The Hall–Kier alpha value is -0.930. The molecule has 0 aliphatic rings. The Kier molecular flexibility index (Phi) is 6.04. The topological polar surface area (TPSA) is 34.1 Å². The number of pyridine rings is 1. The normalized spacial score (nSPS) is 12.7. The van der Waals surface area contributed by atoms with E-state index in [1.807, 2.05) is 19.4 Å². The van der Waals surface area contributed by atoms with Crippen LogP contribution >= 0.6 is 0 Å². The van der Waals surface area contributed by atoms with Gasteiger partial charge in [0, 0.05) is 19.0 Å². The van der Waals surface area contributed by atoms with E-state index in [0.29, 0.717) is 0 Å². The zero-order valence-corrected chi connectivity index (χ0v) is 10.5. The van der Waals surface area contributed by atoms with Crippen LogP contribution in [0.15, 0.2) is 18.5 Å². The van der Waals surface area contributed by atoms with Gasteiger partial charge in [-0.1, -0.05) is 13.8 Å². The fraction of sp³-hybridized carbons (Fsp3) is 0.615. The number of aryl methyl sites for hydroxylation is 1. The average Bonchev–Trinajstić information content (AvgIpc) is 2.35. The van der Waals surface area contributed by atoms with Crippen LogP contribution in [0, 0.1) is 0 Å². The molecule has 1 heterocycles. The molecule has 0 amide bonds. The fourth-order valence-electron chi connectivity index (χ4n) is 1.75. The standard InChI is InChI=1S/C13H22N2O/c1-4-8-16-10-13(14-3)12-6-7-15-9-11(12)5-2/h6-7,9,13-14H,4-5,8,10H2,1-3H3. The van der Waals surface area contributed by atoms with Gasteiger partial charge in [0.05, 0.1) is 12.6 Å². The van der Waals surface area contributed by atoms with Crippen molar-refractivity contribution in [2.45, 2.75) is 32.7 Å². The lowest BCUT2D eigenvalue weighted by molar-refractivity contribution is 0.114. The third kappa shape index (κ3) is 3.58. The molecule has 0 bridgehead atoms. The average molecular weight is 222 g/mol. The number of hydrogen-bond donors (Lipinski definition) is 1. The minimum absolute atomic E-state index is 0.268. The zero-order valence-electron chi connectivity index (χ0n) is 10.5. The summed E-state index contributed by atoms with van der Waals surface area (Å²) in [4.78, 5) is 4.16. The van der Waals surface area contributed by atoms with Crippen molar-refractivity contribution >= 4 is 0 Å². The van der Waals surface area contributed by atoms with Crippen molar-refractivity contribution in [1.82, 2.24) is 10.3 Å². The first-order valence-electron chi connectivity index (χ1n) is 6.01. The molecule has 1 unspecified atom stereocenters. The monoisotopic (exact) mass is 222 g/mol. The molecule has 0 spiro atoms. The highest BCUT2D eigenvalue weighted by Gasteiger charge is 2.12. The molecular weight excluding hydrogens is 200 g/mol. The summed E-state index contributed by atoms with van der Waals surface area (Å²) in [5.74, 6) is 0. The molecule has 16 heavy (non-hydrogen) atoms. The van der Waals surface area contributed by atoms with Gasteiger partial charge in [-0.3, -0.25) is 4.98 Å². The Labute approximate surface area is 98.2 Å². The highest BCUT2D eigenvalue weighted by molar-refractivity contribution is 5.26. The molecule has 1 atom stereocenters. The van der Waals surface area contributed by atoms with Crippen LogP contribution in [0.5, 0.6) is 0 Å². The second kappa shape index (κ2) is 7.36. The Balaban J connectivity index is 2.69. The number of nitrogens with zero attached hydrogens (tertiary/aromatic N) is 1. The Morgan fingerprint density at radius 2 is 2.25 bits per heavy atom. The Morgan fingerprint density at radius 3 is 2.88 bits per heavy atom. The quantitative estimate of drug-likeness (QED) is 0.719. The van der Waals surface area contributed by atoms with Crippen LogP contribution in [0.25, 0.3) is 0 Å². The lowest BCUT2D eigenvalue weighted by atomic mass is 10.0. The molecule has 1 aromatic heterocycles. The van der Waals surface area contributed by atoms with Crippen molar-refractivity contribution in [1.29, 1.82) is 0 Å². The van der Waals surface area contributed by atoms with Crippen LogP contribution in [0.3, 0.4) is 0 Å². The highest BCUT2D eigenvalue weighted by Crippen LogP contribution is 2.17. The van der Waals surface area contributed by atoms with Gasteiger partial charge >= 0.3 is 0 Å². The van der Waals surface area contributed by atoms with E-state index in [1.165, 1.54) is 11.1 Å². The van der Waals surface area contributed by atoms with Crippen molar-refractivity contribution in [3.8, 4) is 0 Å². The summed E-state index contributed by atoms with van der Waals surface area (Å²) in [5, 5.41) is 3.30. The van der Waals surface area contributed by atoms with Crippen LogP contribution in [-0.2, 0) is 11.2 Å². The summed E-state index contributed by atoms with van der Waals surface area (Å²) in [6, 6.07) is 2.35. The summed E-state index contributed by atoms with van der Waals surface area (Å²) in [6.45, 7) is 5.82. The molecule has 0 saturated heterocycles. The summed E-state index contributed by atoms with van der Waals surface area (Å²) >= 11 is 0. The van der Waals surface area contributed by atoms with Crippen molar-refractivity contribution in [2.75, 3.05) is 20.3 Å². The van der Waals surface area contributed by atoms with Gasteiger partial charge < -0.3 is 10.1 Å². The van der Waals surface area contributed by atoms with Crippen LogP contribution in [-0.4, -0.2) is 25.2 Å². The molecule has 0 radical (unpaired) electrons. The number of ether oxygens (including phenoxy) is 1. The molecule has 1 rings (SSSR count). The van der Waals surface area contributed by atoms with Gasteiger partial charge in [-0.25, -0.2) is 0 Å². The Morgan fingerprint density at radius 1 is 1.44 bits per heavy atom. The van der Waals surface area contributed by atoms with Gasteiger partial charge in [0.25, 0.3) is 0 Å². The maximum Gasteiger partial charge on any atom is 0.0661 e. The van der Waals surface area contributed by atoms with E-state index in [-0.39, 0.29) is 6.04 Å². The smallest absolute Gasteiger partial charge is 0.0661 e. The summed E-state index contributed by atoms with van der Waals surface area (Å²) in [5.41, 5.74) is 2.60. The Bertz CT molecular complexity index is 302. The largest absolute Gasteiger partial charge is 0.379 e. The highest BCUT2D eigenvalue weighted by atomic mass is 16.5. The van der Waals surface area contributed by atoms with Gasteiger partial charge in [-0.15, -0.1) is 0 Å². The van der Waals surface area contributed by atoms with Crippen molar-refractivity contribution in [3.05, 3.63) is 29.6 Å². The molecule has 1 aromatic rings. The molecule has 0 fully saturated rings. The van der Waals surface area contributed by atoms with E-state index in [9.17, 15) is 0 Å². The predicted octanol–water partition coefficient (Wildman–Crippen LogP) is 2.33. The van der Waals surface area contributed by atoms with Crippen LogP contribution in [0.4, 0.5) is 0 Å². The van der Waals surface area contributed by atoms with Gasteiger partial charge in [-0.05, 0) is 37.1 Å². The van der Waals surface area contributed by atoms with Gasteiger partial charge in [0.1, 0.15) is 0 Å². The van der Waals surface area contributed by atoms with E-state index in [1.54, 1.807) is 0 Å². The number of likely N-dealkylation sites (N-methyl/N-ethyl adjacent to an activating group) is 1. The first-order valence-corrected chi connectivity index (χ1v) is 6.01. The molecule has 0 aliphatic carbocycles. The van der Waals surface area contributed by atoms with Crippen LogP contribution in [0.2, 0.25) is 0 Å². The molecule has 1 N–H and O–H groups in total. The minimum Gasteiger partial charge on any atom is -0.379 e. The second-order valence-corrected chi connectivity index (χ2v) is 3.84. The third-order valence-corrected chi connectivity index (χ3v) is 2.68. The first-order chi connectivity index (χ1) is 7.83. The maximum atomic E-state index is 5.61. The summed E-state index contributed by atoms with van der Waals surface area (Å²) in [6.07, 6.45) is 5.86. The summed E-state index contributed by atoms with van der Waals surface area (Å²) in [7, 11) is 1.97. The minimum atomic E-state index is 0.268. The maximum absolute atomic E-state index is 5.61. The third-order valence-electron chi connectivity index (χ3n) is 2.68. The molecule has 3 nitrogen and oxygen atoms in total. The molecular formula is C13H22N2O. The lowest BCUT2D eigenvalue weighted by Crippen LogP contribution is -2.23. The molecule has 0 saturated carbocycles. The lowest BCUT2D eigenvalue weighted by Gasteiger charge is -2.19. The van der Waals surface area contributed by atoms with Gasteiger partial charge in [-0.2, -0.15) is 0 Å². The molecule has 3 heteroatoms. The van der Waals surface area contributed by atoms with E-state index in [0.717, 1.165) is 26.1 Å². The van der Waals surface area contributed by atoms with E-state index in [2.05, 4.69) is 30.2 Å². The van der Waals surface area contributed by atoms with Crippen molar-refractivity contribution in [2.24, 2.45) is 0 Å². The van der Waals surface area contributed by atoms with E-state index in [4.69, 9.17) is 4.74 Å². The number of nitrogens with one attached hydrogen (secondary N) is 1. The second-order valence-electron chi connectivity index (χ2n) is 3.84. The SMILES string of the molecule is CCCOCC(NC)c1ccncc1CC.